The molecule has 1 aliphatic rings. The number of carbonyl (C=O) groups excluding carboxylic acids is 1. The van der Waals surface area contributed by atoms with Crippen molar-refractivity contribution in [2.75, 3.05) is 30.9 Å². The first-order valence-corrected chi connectivity index (χ1v) is 13.6. The molecule has 2 aromatic rings. The van der Waals surface area contributed by atoms with Gasteiger partial charge in [-0.1, -0.05) is 57.7 Å². The number of para-hydroxylation sites is 1. The Morgan fingerprint density at radius 1 is 1.12 bits per heavy atom. The summed E-state index contributed by atoms with van der Waals surface area (Å²) < 4.78 is 48.0. The van der Waals surface area contributed by atoms with Gasteiger partial charge in [-0.15, -0.1) is 0 Å². The van der Waals surface area contributed by atoms with Crippen molar-refractivity contribution in [3.05, 3.63) is 48.3 Å². The summed E-state index contributed by atoms with van der Waals surface area (Å²) in [6.07, 6.45) is 5.66. The molecule has 3 rings (SSSR count). The van der Waals surface area contributed by atoms with Gasteiger partial charge in [0, 0.05) is 35.5 Å². The quantitative estimate of drug-likeness (QED) is 0.347. The van der Waals surface area contributed by atoms with E-state index in [1.54, 1.807) is 0 Å². The number of ether oxygens (including phenoxy) is 2. The SMILES string of the molecule is CCCCC1(CCCC)CN(c2ccccc2)c2cc(F)c(OCC(=O)OC)cc2S(O)(O)C1. The Labute approximate surface area is 203 Å². The van der Waals surface area contributed by atoms with Crippen LogP contribution in [0.3, 0.4) is 0 Å². The topological polar surface area (TPSA) is 79.2 Å². The smallest absolute Gasteiger partial charge is 0.343 e. The molecule has 0 spiro atoms. The number of anilines is 2. The van der Waals surface area contributed by atoms with Crippen molar-refractivity contribution in [3.8, 4) is 5.75 Å². The third-order valence-corrected chi connectivity index (χ3v) is 8.47. The number of hydrogen-bond donors (Lipinski definition) is 2. The van der Waals surface area contributed by atoms with E-state index in [2.05, 4.69) is 18.6 Å². The lowest BCUT2D eigenvalue weighted by molar-refractivity contribution is -0.142. The van der Waals surface area contributed by atoms with Crippen LogP contribution in [0.4, 0.5) is 15.8 Å². The Kier molecular flexibility index (Phi) is 8.84. The minimum atomic E-state index is -3.28. The zero-order chi connectivity index (χ0) is 24.8. The first kappa shape index (κ1) is 26.3. The Morgan fingerprint density at radius 2 is 1.76 bits per heavy atom. The molecule has 1 heterocycles. The molecule has 34 heavy (non-hydrogen) atoms. The number of benzene rings is 2. The highest BCUT2D eigenvalue weighted by Crippen LogP contribution is 2.61. The molecule has 0 saturated carbocycles. The average Bonchev–Trinajstić information content (AvgIpc) is 2.92. The summed E-state index contributed by atoms with van der Waals surface area (Å²) in [7, 11) is -2.05. The van der Waals surface area contributed by atoms with E-state index in [9.17, 15) is 13.9 Å². The number of unbranched alkanes of at least 4 members (excludes halogenated alkanes) is 2. The molecular weight excluding hydrogens is 457 g/mol. The molecule has 0 aromatic heterocycles. The maximum Gasteiger partial charge on any atom is 0.343 e. The normalized spacial score (nSPS) is 17.4. The zero-order valence-corrected chi connectivity index (χ0v) is 21.1. The zero-order valence-electron chi connectivity index (χ0n) is 20.3. The lowest BCUT2D eigenvalue weighted by atomic mass is 9.79. The second-order valence-electron chi connectivity index (χ2n) is 9.06. The van der Waals surface area contributed by atoms with Crippen molar-refractivity contribution in [3.63, 3.8) is 0 Å². The van der Waals surface area contributed by atoms with E-state index < -0.39 is 29.0 Å². The van der Waals surface area contributed by atoms with Gasteiger partial charge in [0.15, 0.2) is 18.2 Å². The van der Waals surface area contributed by atoms with Gasteiger partial charge in [-0.2, -0.15) is 10.6 Å². The fourth-order valence-corrected chi connectivity index (χ4v) is 6.83. The molecule has 0 bridgehead atoms. The summed E-state index contributed by atoms with van der Waals surface area (Å²) in [6, 6.07) is 12.3. The van der Waals surface area contributed by atoms with Crippen LogP contribution in [0.25, 0.3) is 0 Å². The molecule has 6 nitrogen and oxygen atoms in total. The van der Waals surface area contributed by atoms with E-state index in [4.69, 9.17) is 4.74 Å². The van der Waals surface area contributed by atoms with Crippen LogP contribution in [0.5, 0.6) is 5.75 Å². The van der Waals surface area contributed by atoms with Crippen molar-refractivity contribution >= 4 is 27.9 Å². The van der Waals surface area contributed by atoms with Gasteiger partial charge < -0.3 is 14.4 Å². The van der Waals surface area contributed by atoms with E-state index in [1.165, 1.54) is 19.2 Å². The summed E-state index contributed by atoms with van der Waals surface area (Å²) >= 11 is 0. The minimum Gasteiger partial charge on any atom is -0.479 e. The lowest BCUT2D eigenvalue weighted by Crippen LogP contribution is -2.37. The van der Waals surface area contributed by atoms with Crippen LogP contribution in [0.2, 0.25) is 0 Å². The number of fused-ring (bicyclic) bond motifs is 1. The molecule has 0 unspecified atom stereocenters. The van der Waals surface area contributed by atoms with Crippen molar-refractivity contribution < 1.29 is 27.8 Å². The predicted molar refractivity (Wildman–Crippen MR) is 135 cm³/mol. The Hall–Kier alpha value is -2.29. The molecule has 188 valence electrons. The van der Waals surface area contributed by atoms with Crippen LogP contribution in [0.1, 0.15) is 52.4 Å². The molecule has 0 amide bonds. The fraction of sp³-hybridized carbons (Fsp3) is 0.500. The van der Waals surface area contributed by atoms with E-state index >= 15 is 4.39 Å². The van der Waals surface area contributed by atoms with Gasteiger partial charge in [-0.3, -0.25) is 9.11 Å². The number of halogens is 1. The molecule has 0 atom stereocenters. The van der Waals surface area contributed by atoms with Crippen molar-refractivity contribution in [2.45, 2.75) is 57.3 Å². The van der Waals surface area contributed by atoms with Crippen LogP contribution in [0.15, 0.2) is 47.4 Å². The molecule has 0 aliphatic carbocycles. The van der Waals surface area contributed by atoms with Crippen LogP contribution >= 0.6 is 10.6 Å². The predicted octanol–water partition coefficient (Wildman–Crippen LogP) is 7.01. The third-order valence-electron chi connectivity index (χ3n) is 6.42. The van der Waals surface area contributed by atoms with Crippen LogP contribution in [-0.4, -0.2) is 41.1 Å². The highest BCUT2D eigenvalue weighted by molar-refractivity contribution is 8.24. The van der Waals surface area contributed by atoms with Crippen molar-refractivity contribution in [1.82, 2.24) is 0 Å². The van der Waals surface area contributed by atoms with Gasteiger partial charge in [0.25, 0.3) is 0 Å². The highest BCUT2D eigenvalue weighted by atomic mass is 32.3. The van der Waals surface area contributed by atoms with E-state index in [-0.39, 0.29) is 21.8 Å². The van der Waals surface area contributed by atoms with Gasteiger partial charge in [0.2, 0.25) is 0 Å². The number of carbonyl (C=O) groups is 1. The molecule has 0 fully saturated rings. The van der Waals surface area contributed by atoms with E-state index in [0.717, 1.165) is 44.2 Å². The molecule has 1 aliphatic heterocycles. The number of methoxy groups -OCH3 is 1. The van der Waals surface area contributed by atoms with E-state index in [1.807, 2.05) is 35.2 Å². The number of nitrogens with zero attached hydrogens (tertiary/aromatic N) is 1. The first-order chi connectivity index (χ1) is 16.2. The van der Waals surface area contributed by atoms with Gasteiger partial charge in [0.1, 0.15) is 0 Å². The van der Waals surface area contributed by atoms with Crippen molar-refractivity contribution in [1.29, 1.82) is 0 Å². The third kappa shape index (κ3) is 6.03. The second-order valence-corrected chi connectivity index (χ2v) is 11.1. The van der Waals surface area contributed by atoms with Crippen LogP contribution < -0.4 is 9.64 Å². The summed E-state index contributed by atoms with van der Waals surface area (Å²) in [5.41, 5.74) is 0.938. The summed E-state index contributed by atoms with van der Waals surface area (Å²) in [6.45, 7) is 4.35. The molecule has 0 radical (unpaired) electrons. The van der Waals surface area contributed by atoms with Crippen LogP contribution in [0, 0.1) is 11.2 Å². The van der Waals surface area contributed by atoms with Gasteiger partial charge in [-0.25, -0.2) is 9.18 Å². The molecule has 8 heteroatoms. The molecular formula is C26H36FNO5S. The number of esters is 1. The second kappa shape index (κ2) is 11.4. The molecule has 2 N–H and O–H groups in total. The lowest BCUT2D eigenvalue weighted by Gasteiger charge is -2.42. The number of rotatable bonds is 10. The van der Waals surface area contributed by atoms with Gasteiger partial charge in [-0.05, 0) is 25.0 Å². The van der Waals surface area contributed by atoms with Crippen molar-refractivity contribution in [2.24, 2.45) is 5.41 Å². The molecule has 0 saturated heterocycles. The number of hydrogen-bond acceptors (Lipinski definition) is 6. The van der Waals surface area contributed by atoms with E-state index in [0.29, 0.717) is 12.2 Å². The Bertz CT molecular complexity index is 961. The summed E-state index contributed by atoms with van der Waals surface area (Å²) in [4.78, 5) is 13.8. The maximum absolute atomic E-state index is 15.1. The van der Waals surface area contributed by atoms with Gasteiger partial charge in [0.05, 0.1) is 17.7 Å². The minimum absolute atomic E-state index is 0.202. The summed E-state index contributed by atoms with van der Waals surface area (Å²) in [5.74, 6) is -1.32. The highest BCUT2D eigenvalue weighted by Gasteiger charge is 2.42. The maximum atomic E-state index is 15.1. The van der Waals surface area contributed by atoms with Gasteiger partial charge >= 0.3 is 5.97 Å². The van der Waals surface area contributed by atoms with Crippen LogP contribution in [-0.2, 0) is 9.53 Å². The standard InChI is InChI=1S/C26H36FNO5S/c1-4-6-13-26(14-7-5-2)18-28(20-11-9-8-10-12-20)22-15-21(27)23(33-17-25(29)32-3)16-24(22)34(30,31)19-26/h8-12,15-16,30-31H,4-7,13-14,17-19H2,1-3H3. The first-order valence-electron chi connectivity index (χ1n) is 11.9. The Morgan fingerprint density at radius 3 is 2.35 bits per heavy atom. The summed E-state index contributed by atoms with van der Waals surface area (Å²) in [5, 5.41) is 0. The monoisotopic (exact) mass is 493 g/mol. The molecule has 2 aromatic carbocycles. The Balaban J connectivity index is 2.15. The fourth-order valence-electron chi connectivity index (χ4n) is 4.64. The largest absolute Gasteiger partial charge is 0.479 e. The average molecular weight is 494 g/mol.